The van der Waals surface area contributed by atoms with E-state index in [-0.39, 0.29) is 12.0 Å². The van der Waals surface area contributed by atoms with Gasteiger partial charge in [0.15, 0.2) is 5.82 Å². The molecule has 1 atom stereocenters. The summed E-state index contributed by atoms with van der Waals surface area (Å²) in [6.07, 6.45) is 0. The fourth-order valence-electron chi connectivity index (χ4n) is 1.73. The maximum absolute atomic E-state index is 6.20. The summed E-state index contributed by atoms with van der Waals surface area (Å²) < 4.78 is 0. The monoisotopic (exact) mass is 242 g/mol. The first-order valence-electron chi connectivity index (χ1n) is 6.11. The molecule has 0 fully saturated rings. The average molecular weight is 242 g/mol. The summed E-state index contributed by atoms with van der Waals surface area (Å²) in [5.41, 5.74) is 7.21. The van der Waals surface area contributed by atoms with Crippen LogP contribution in [0.15, 0.2) is 30.3 Å². The molecule has 94 valence electrons. The number of rotatable bonds is 3. The Kier molecular flexibility index (Phi) is 3.67. The first-order chi connectivity index (χ1) is 8.58. The topological polar surface area (TPSA) is 64.7 Å². The maximum atomic E-state index is 6.20. The van der Waals surface area contributed by atoms with E-state index in [1.807, 2.05) is 37.3 Å². The first kappa shape index (κ1) is 12.6. The third kappa shape index (κ3) is 2.71. The molecule has 2 N–H and O–H groups in total. The van der Waals surface area contributed by atoms with Crippen molar-refractivity contribution < 1.29 is 0 Å². The van der Waals surface area contributed by atoms with E-state index >= 15 is 0 Å². The Morgan fingerprint density at radius 3 is 2.17 bits per heavy atom. The Bertz CT molecular complexity index is 523. The highest BCUT2D eigenvalue weighted by Gasteiger charge is 2.15. The van der Waals surface area contributed by atoms with Crippen molar-refractivity contribution >= 4 is 0 Å². The lowest BCUT2D eigenvalue weighted by molar-refractivity contribution is 0.684. The normalized spacial score (nSPS) is 12.7. The summed E-state index contributed by atoms with van der Waals surface area (Å²) in [4.78, 5) is 13.1. The zero-order valence-corrected chi connectivity index (χ0v) is 11.0. The third-order valence-corrected chi connectivity index (χ3v) is 2.74. The van der Waals surface area contributed by atoms with Gasteiger partial charge in [-0.25, -0.2) is 15.0 Å². The van der Waals surface area contributed by atoms with E-state index in [4.69, 9.17) is 5.73 Å². The number of aryl methyl sites for hydroxylation is 1. The van der Waals surface area contributed by atoms with E-state index in [1.54, 1.807) is 0 Å². The molecule has 1 unspecified atom stereocenters. The second-order valence-corrected chi connectivity index (χ2v) is 4.64. The van der Waals surface area contributed by atoms with Gasteiger partial charge in [0.1, 0.15) is 11.6 Å². The van der Waals surface area contributed by atoms with Crippen molar-refractivity contribution in [2.45, 2.75) is 32.7 Å². The number of nitrogens with two attached hydrogens (primary N) is 1. The van der Waals surface area contributed by atoms with Crippen LogP contribution in [0.5, 0.6) is 0 Å². The molecule has 4 nitrogen and oxygen atoms in total. The van der Waals surface area contributed by atoms with Crippen LogP contribution in [0.25, 0.3) is 0 Å². The summed E-state index contributed by atoms with van der Waals surface area (Å²) in [5, 5.41) is 0. The molecule has 1 aromatic carbocycles. The van der Waals surface area contributed by atoms with Crippen molar-refractivity contribution in [1.29, 1.82) is 0 Å². The van der Waals surface area contributed by atoms with Gasteiger partial charge in [-0.15, -0.1) is 0 Å². The molecule has 0 aliphatic heterocycles. The number of hydrogen-bond donors (Lipinski definition) is 1. The Hall–Kier alpha value is -1.81. The smallest absolute Gasteiger partial charge is 0.153 e. The number of aromatic nitrogens is 3. The minimum atomic E-state index is -0.301. The number of hydrogen-bond acceptors (Lipinski definition) is 4. The Morgan fingerprint density at radius 1 is 0.944 bits per heavy atom. The summed E-state index contributed by atoms with van der Waals surface area (Å²) in [7, 11) is 0. The summed E-state index contributed by atoms with van der Waals surface area (Å²) in [6, 6.07) is 9.57. The van der Waals surface area contributed by atoms with Gasteiger partial charge in [-0.1, -0.05) is 44.2 Å². The molecule has 0 amide bonds. The molecule has 0 saturated heterocycles. The molecule has 0 radical (unpaired) electrons. The van der Waals surface area contributed by atoms with Crippen LogP contribution in [0.1, 0.15) is 48.8 Å². The molecule has 4 heteroatoms. The molecule has 2 rings (SSSR count). The lowest BCUT2D eigenvalue weighted by Crippen LogP contribution is -2.18. The molecule has 0 spiro atoms. The van der Waals surface area contributed by atoms with Crippen molar-refractivity contribution in [3.63, 3.8) is 0 Å². The molecule has 1 aromatic heterocycles. The van der Waals surface area contributed by atoms with E-state index in [2.05, 4.69) is 28.8 Å². The van der Waals surface area contributed by atoms with Gasteiger partial charge in [-0.2, -0.15) is 0 Å². The fourth-order valence-corrected chi connectivity index (χ4v) is 1.73. The zero-order valence-electron chi connectivity index (χ0n) is 11.0. The molecule has 18 heavy (non-hydrogen) atoms. The van der Waals surface area contributed by atoms with Gasteiger partial charge in [0.2, 0.25) is 0 Å². The number of benzene rings is 1. The maximum Gasteiger partial charge on any atom is 0.153 e. The summed E-state index contributed by atoms with van der Waals surface area (Å²) in [5.74, 6) is 2.42. The van der Waals surface area contributed by atoms with Gasteiger partial charge in [-0.05, 0) is 12.5 Å². The molecule has 0 aliphatic rings. The minimum Gasteiger partial charge on any atom is -0.318 e. The van der Waals surface area contributed by atoms with E-state index in [0.717, 1.165) is 17.2 Å². The molecule has 0 saturated carbocycles. The first-order valence-corrected chi connectivity index (χ1v) is 6.11. The molecular weight excluding hydrogens is 224 g/mol. The van der Waals surface area contributed by atoms with Crippen molar-refractivity contribution in [1.82, 2.24) is 15.0 Å². The van der Waals surface area contributed by atoms with Gasteiger partial charge in [-0.3, -0.25) is 0 Å². The van der Waals surface area contributed by atoms with Crippen molar-refractivity contribution in [3.8, 4) is 0 Å². The summed E-state index contributed by atoms with van der Waals surface area (Å²) >= 11 is 0. The quantitative estimate of drug-likeness (QED) is 0.897. The van der Waals surface area contributed by atoms with Crippen LogP contribution in [0.2, 0.25) is 0 Å². The average Bonchev–Trinajstić information content (AvgIpc) is 2.38. The van der Waals surface area contributed by atoms with Crippen molar-refractivity contribution in [2.24, 2.45) is 5.73 Å². The highest BCUT2D eigenvalue weighted by atomic mass is 15.0. The predicted molar refractivity (Wildman–Crippen MR) is 71.1 cm³/mol. The predicted octanol–water partition coefficient (Wildman–Crippen LogP) is 2.35. The Balaban J connectivity index is 2.39. The largest absolute Gasteiger partial charge is 0.318 e. The SMILES string of the molecule is Cc1nc(C(C)C)nc(C(N)c2ccccc2)n1. The highest BCUT2D eigenvalue weighted by Crippen LogP contribution is 2.17. The van der Waals surface area contributed by atoms with Crippen molar-refractivity contribution in [2.75, 3.05) is 0 Å². The van der Waals surface area contributed by atoms with Gasteiger partial charge in [0.25, 0.3) is 0 Å². The minimum absolute atomic E-state index is 0.272. The fraction of sp³-hybridized carbons (Fsp3) is 0.357. The van der Waals surface area contributed by atoms with Crippen LogP contribution in [-0.4, -0.2) is 15.0 Å². The molecule has 1 heterocycles. The Morgan fingerprint density at radius 2 is 1.56 bits per heavy atom. The van der Waals surface area contributed by atoms with E-state index < -0.39 is 0 Å². The van der Waals surface area contributed by atoms with Gasteiger partial charge >= 0.3 is 0 Å². The molecule has 0 bridgehead atoms. The van der Waals surface area contributed by atoms with Crippen LogP contribution >= 0.6 is 0 Å². The van der Waals surface area contributed by atoms with Crippen LogP contribution in [-0.2, 0) is 0 Å². The van der Waals surface area contributed by atoms with E-state index in [9.17, 15) is 0 Å². The zero-order chi connectivity index (χ0) is 13.1. The molecule has 0 aliphatic carbocycles. The van der Waals surface area contributed by atoms with Gasteiger partial charge < -0.3 is 5.73 Å². The van der Waals surface area contributed by atoms with Gasteiger partial charge in [0.05, 0.1) is 6.04 Å². The lowest BCUT2D eigenvalue weighted by atomic mass is 10.1. The van der Waals surface area contributed by atoms with Crippen LogP contribution in [0.3, 0.4) is 0 Å². The lowest BCUT2D eigenvalue weighted by Gasteiger charge is -2.13. The van der Waals surface area contributed by atoms with Crippen LogP contribution in [0.4, 0.5) is 0 Å². The Labute approximate surface area is 107 Å². The van der Waals surface area contributed by atoms with E-state index in [1.165, 1.54) is 0 Å². The number of nitrogens with zero attached hydrogens (tertiary/aromatic N) is 3. The van der Waals surface area contributed by atoms with Crippen molar-refractivity contribution in [3.05, 3.63) is 53.4 Å². The molecule has 2 aromatic rings. The molecular formula is C14H18N4. The second-order valence-electron chi connectivity index (χ2n) is 4.64. The highest BCUT2D eigenvalue weighted by molar-refractivity contribution is 5.24. The van der Waals surface area contributed by atoms with E-state index in [0.29, 0.717) is 5.82 Å². The third-order valence-electron chi connectivity index (χ3n) is 2.74. The second kappa shape index (κ2) is 5.23. The summed E-state index contributed by atoms with van der Waals surface area (Å²) in [6.45, 7) is 5.99. The standard InChI is InChI=1S/C14H18N4/c1-9(2)13-16-10(3)17-14(18-13)12(15)11-7-5-4-6-8-11/h4-9,12H,15H2,1-3H3. The van der Waals surface area contributed by atoms with Gasteiger partial charge in [0, 0.05) is 5.92 Å². The van der Waals surface area contributed by atoms with Crippen LogP contribution in [0, 0.1) is 6.92 Å². The van der Waals surface area contributed by atoms with Crippen LogP contribution < -0.4 is 5.73 Å².